The van der Waals surface area contributed by atoms with E-state index in [1.54, 1.807) is 13.2 Å². The van der Waals surface area contributed by atoms with Crippen LogP contribution in [0.2, 0.25) is 0 Å². The number of piperidine rings is 1. The van der Waals surface area contributed by atoms with Crippen LogP contribution in [0.1, 0.15) is 43.2 Å². The SMILES string of the molecule is COc1cccc(C2c3cc4c(cc3OC(N3CCCCC3)C2C)OCO4)c1O. The van der Waals surface area contributed by atoms with Gasteiger partial charge in [0.25, 0.3) is 0 Å². The zero-order valence-electron chi connectivity index (χ0n) is 16.9. The maximum Gasteiger partial charge on any atom is 0.231 e. The predicted octanol–water partition coefficient (Wildman–Crippen LogP) is 4.10. The van der Waals surface area contributed by atoms with Crippen LogP contribution < -0.4 is 18.9 Å². The van der Waals surface area contributed by atoms with Gasteiger partial charge in [0.1, 0.15) is 5.75 Å². The number of para-hydroxylation sites is 1. The number of fused-ring (bicyclic) bond motifs is 2. The number of benzene rings is 2. The van der Waals surface area contributed by atoms with E-state index in [2.05, 4.69) is 11.8 Å². The lowest BCUT2D eigenvalue weighted by atomic mass is 9.77. The first kappa shape index (κ1) is 18.4. The van der Waals surface area contributed by atoms with E-state index in [1.165, 1.54) is 19.3 Å². The monoisotopic (exact) mass is 397 g/mol. The third kappa shape index (κ3) is 3.06. The smallest absolute Gasteiger partial charge is 0.231 e. The Morgan fingerprint density at radius 1 is 1.00 bits per heavy atom. The van der Waals surface area contributed by atoms with Gasteiger partial charge in [-0.15, -0.1) is 0 Å². The standard InChI is InChI=1S/C23H27NO5/c1-14-21(15-7-6-8-17(26-2)22(15)25)16-11-19-20(28-13-27-19)12-18(16)29-23(14)24-9-4-3-5-10-24/h6-8,11-12,14,21,23,25H,3-5,9-10,13H2,1-2H3. The summed E-state index contributed by atoms with van der Waals surface area (Å²) in [5.41, 5.74) is 1.86. The van der Waals surface area contributed by atoms with Crippen molar-refractivity contribution in [1.82, 2.24) is 4.90 Å². The molecule has 0 saturated carbocycles. The number of hydrogen-bond donors (Lipinski definition) is 1. The molecule has 6 nitrogen and oxygen atoms in total. The first-order valence-corrected chi connectivity index (χ1v) is 10.4. The summed E-state index contributed by atoms with van der Waals surface area (Å²) in [7, 11) is 1.58. The molecular formula is C23H27NO5. The Hall–Kier alpha value is -2.60. The molecule has 0 spiro atoms. The van der Waals surface area contributed by atoms with E-state index in [0.29, 0.717) is 11.5 Å². The summed E-state index contributed by atoms with van der Waals surface area (Å²) in [5.74, 6) is 3.00. The zero-order chi connectivity index (χ0) is 20.0. The second kappa shape index (κ2) is 7.34. The number of ether oxygens (including phenoxy) is 4. The Morgan fingerprint density at radius 3 is 2.52 bits per heavy atom. The third-order valence-electron chi connectivity index (χ3n) is 6.40. The number of rotatable bonds is 3. The van der Waals surface area contributed by atoms with Crippen molar-refractivity contribution >= 4 is 0 Å². The minimum atomic E-state index is -0.0567. The Balaban J connectivity index is 1.63. The molecule has 1 N–H and O–H groups in total. The van der Waals surface area contributed by atoms with Gasteiger partial charge in [0.15, 0.2) is 29.2 Å². The van der Waals surface area contributed by atoms with Gasteiger partial charge in [0.05, 0.1) is 7.11 Å². The van der Waals surface area contributed by atoms with Gasteiger partial charge in [-0.1, -0.05) is 25.5 Å². The molecule has 0 aromatic heterocycles. The molecule has 5 rings (SSSR count). The maximum atomic E-state index is 10.9. The Morgan fingerprint density at radius 2 is 1.76 bits per heavy atom. The van der Waals surface area contributed by atoms with Crippen LogP contribution in [0.5, 0.6) is 28.7 Å². The normalized spacial score (nSPS) is 25.9. The molecule has 2 aromatic carbocycles. The molecule has 154 valence electrons. The molecule has 2 aromatic rings. The highest BCUT2D eigenvalue weighted by Gasteiger charge is 2.42. The summed E-state index contributed by atoms with van der Waals surface area (Å²) in [6.07, 6.45) is 3.59. The minimum absolute atomic E-state index is 0.0460. The van der Waals surface area contributed by atoms with Crippen molar-refractivity contribution in [3.63, 3.8) is 0 Å². The van der Waals surface area contributed by atoms with Gasteiger partial charge in [0.2, 0.25) is 6.79 Å². The van der Waals surface area contributed by atoms with Crippen LogP contribution in [-0.4, -0.2) is 43.2 Å². The van der Waals surface area contributed by atoms with Crippen molar-refractivity contribution in [2.24, 2.45) is 5.92 Å². The van der Waals surface area contributed by atoms with E-state index >= 15 is 0 Å². The van der Waals surface area contributed by atoms with Crippen molar-refractivity contribution in [2.45, 2.75) is 38.3 Å². The van der Waals surface area contributed by atoms with Crippen LogP contribution in [0.3, 0.4) is 0 Å². The largest absolute Gasteiger partial charge is 0.504 e. The fraction of sp³-hybridized carbons (Fsp3) is 0.478. The molecule has 0 radical (unpaired) electrons. The van der Waals surface area contributed by atoms with Gasteiger partial charge in [-0.3, -0.25) is 4.90 Å². The average molecular weight is 397 g/mol. The summed E-state index contributed by atoms with van der Waals surface area (Å²) in [6.45, 7) is 4.49. The summed E-state index contributed by atoms with van der Waals surface area (Å²) in [5, 5.41) is 10.9. The summed E-state index contributed by atoms with van der Waals surface area (Å²) >= 11 is 0. The van der Waals surface area contributed by atoms with Crippen molar-refractivity contribution < 1.29 is 24.1 Å². The van der Waals surface area contributed by atoms with E-state index in [1.807, 2.05) is 24.3 Å². The van der Waals surface area contributed by atoms with Crippen LogP contribution in [0, 0.1) is 5.92 Å². The summed E-state index contributed by atoms with van der Waals surface area (Å²) < 4.78 is 23.1. The predicted molar refractivity (Wildman–Crippen MR) is 108 cm³/mol. The van der Waals surface area contributed by atoms with Gasteiger partial charge in [-0.25, -0.2) is 0 Å². The Kier molecular flexibility index (Phi) is 4.66. The first-order valence-electron chi connectivity index (χ1n) is 10.4. The van der Waals surface area contributed by atoms with Crippen LogP contribution in [0.25, 0.3) is 0 Å². The maximum absolute atomic E-state index is 10.9. The van der Waals surface area contributed by atoms with E-state index in [4.69, 9.17) is 18.9 Å². The van der Waals surface area contributed by atoms with Crippen LogP contribution in [0.4, 0.5) is 0 Å². The number of likely N-dealkylation sites (tertiary alicyclic amines) is 1. The summed E-state index contributed by atoms with van der Waals surface area (Å²) in [6, 6.07) is 9.63. The van der Waals surface area contributed by atoms with Crippen molar-refractivity contribution in [3.05, 3.63) is 41.5 Å². The zero-order valence-corrected chi connectivity index (χ0v) is 16.9. The molecular weight excluding hydrogens is 370 g/mol. The lowest BCUT2D eigenvalue weighted by molar-refractivity contribution is -0.0405. The van der Waals surface area contributed by atoms with Gasteiger partial charge in [-0.05, 0) is 25.0 Å². The fourth-order valence-electron chi connectivity index (χ4n) is 4.96. The van der Waals surface area contributed by atoms with Crippen LogP contribution in [0.15, 0.2) is 30.3 Å². The molecule has 6 heteroatoms. The average Bonchev–Trinajstić information content (AvgIpc) is 3.20. The number of aromatic hydroxyl groups is 1. The highest BCUT2D eigenvalue weighted by atomic mass is 16.7. The molecule has 3 aliphatic heterocycles. The fourth-order valence-corrected chi connectivity index (χ4v) is 4.96. The van der Waals surface area contributed by atoms with Gasteiger partial charge >= 0.3 is 0 Å². The van der Waals surface area contributed by atoms with Gasteiger partial charge in [-0.2, -0.15) is 0 Å². The van der Waals surface area contributed by atoms with Crippen molar-refractivity contribution in [2.75, 3.05) is 27.0 Å². The van der Waals surface area contributed by atoms with E-state index in [9.17, 15) is 5.11 Å². The van der Waals surface area contributed by atoms with Crippen molar-refractivity contribution in [1.29, 1.82) is 0 Å². The van der Waals surface area contributed by atoms with E-state index in [0.717, 1.165) is 35.7 Å². The third-order valence-corrected chi connectivity index (χ3v) is 6.40. The van der Waals surface area contributed by atoms with Crippen molar-refractivity contribution in [3.8, 4) is 28.7 Å². The first-order chi connectivity index (χ1) is 14.2. The highest BCUT2D eigenvalue weighted by Crippen LogP contribution is 2.52. The molecule has 0 amide bonds. The minimum Gasteiger partial charge on any atom is -0.504 e. The van der Waals surface area contributed by atoms with Gasteiger partial charge < -0.3 is 24.1 Å². The molecule has 3 aliphatic rings. The lowest BCUT2D eigenvalue weighted by Gasteiger charge is -2.44. The topological polar surface area (TPSA) is 60.4 Å². The quantitative estimate of drug-likeness (QED) is 0.841. The number of phenols is 1. The molecule has 0 bridgehead atoms. The Labute approximate surface area is 170 Å². The number of methoxy groups -OCH3 is 1. The molecule has 29 heavy (non-hydrogen) atoms. The number of phenolic OH excluding ortho intramolecular Hbond substituents is 1. The molecule has 3 atom stereocenters. The molecule has 3 unspecified atom stereocenters. The summed E-state index contributed by atoms with van der Waals surface area (Å²) in [4.78, 5) is 2.44. The Bertz CT molecular complexity index is 908. The molecule has 3 heterocycles. The van der Waals surface area contributed by atoms with E-state index in [-0.39, 0.29) is 30.6 Å². The molecule has 0 aliphatic carbocycles. The lowest BCUT2D eigenvalue weighted by Crippen LogP contribution is -2.50. The van der Waals surface area contributed by atoms with Crippen LogP contribution >= 0.6 is 0 Å². The van der Waals surface area contributed by atoms with E-state index < -0.39 is 0 Å². The number of nitrogens with zero attached hydrogens (tertiary/aromatic N) is 1. The number of hydrogen-bond acceptors (Lipinski definition) is 6. The van der Waals surface area contributed by atoms with Gasteiger partial charge in [0, 0.05) is 42.1 Å². The van der Waals surface area contributed by atoms with Crippen LogP contribution in [-0.2, 0) is 0 Å². The molecule has 1 saturated heterocycles. The second-order valence-corrected chi connectivity index (χ2v) is 8.08. The highest BCUT2D eigenvalue weighted by molar-refractivity contribution is 5.59. The second-order valence-electron chi connectivity index (χ2n) is 8.08. The molecule has 1 fully saturated rings.